The zero-order chi connectivity index (χ0) is 50.4. The predicted molar refractivity (Wildman–Crippen MR) is 274 cm³/mol. The van der Waals surface area contributed by atoms with Gasteiger partial charge in [-0.15, -0.1) is 0 Å². The highest BCUT2D eigenvalue weighted by molar-refractivity contribution is 5.94. The lowest BCUT2D eigenvalue weighted by atomic mass is 9.99. The molecule has 0 aromatic heterocycles. The van der Waals surface area contributed by atoms with Gasteiger partial charge in [0, 0.05) is 13.1 Å². The van der Waals surface area contributed by atoms with E-state index < -0.39 is 48.1 Å². The number of nitrogens with two attached hydrogens (primary N) is 2. The van der Waals surface area contributed by atoms with Crippen LogP contribution >= 0.6 is 0 Å². The number of carbonyl (C=O) groups is 6. The Morgan fingerprint density at radius 3 is 0.897 bits per heavy atom. The SMILES string of the molecule is CC(C)C[C@H](NC(=O)[C@H](CC(C)C)NC(=O)[C@@H](N)Cc1ccccc1)C(=O)NCCCCCCCCCCCCNC(=O)[C@H](CC(C)C)NC(=O)[C@H](CC(C)C)NC(=O)[C@@H](N)Cc1ccccc1. The number of amides is 6. The standard InChI is InChI=1S/C54H90N8O6/c1-37(2)31-45(61-53(67)47(33-39(5)6)59-49(63)43(55)35-41-25-19-17-20-26-41)51(65)57-29-23-15-13-11-9-10-12-14-16-24-30-58-52(66)46(32-38(3)4)62-54(68)48(34-40(7)8)60-50(64)44(56)36-42-27-21-18-22-28-42/h17-22,25-28,37-40,43-48H,9-16,23-24,29-36,55-56H2,1-8H3,(H,57,65)(H,58,66)(H,59,63)(H,60,64)(H,61,67)(H,62,68)/t43-,44-,45-,46-,47-,48-/m0/s1. The molecule has 2 aromatic rings. The number of hydrogen-bond donors (Lipinski definition) is 8. The van der Waals surface area contributed by atoms with Crippen LogP contribution in [-0.2, 0) is 41.6 Å². The molecule has 0 heterocycles. The molecule has 10 N–H and O–H groups in total. The highest BCUT2D eigenvalue weighted by Gasteiger charge is 2.31. The van der Waals surface area contributed by atoms with Crippen LogP contribution in [0, 0.1) is 23.7 Å². The molecule has 2 aromatic carbocycles. The number of carbonyl (C=O) groups excluding carboxylic acids is 6. The topological polar surface area (TPSA) is 227 Å². The largest absolute Gasteiger partial charge is 0.354 e. The average Bonchev–Trinajstić information content (AvgIpc) is 3.27. The Hall–Kier alpha value is -4.82. The summed E-state index contributed by atoms with van der Waals surface area (Å²) in [6, 6.07) is 14.4. The molecule has 2 rings (SSSR count). The quantitative estimate of drug-likeness (QED) is 0.0361. The molecule has 0 aliphatic heterocycles. The predicted octanol–water partition coefficient (Wildman–Crippen LogP) is 6.38. The molecule has 0 fully saturated rings. The Balaban J connectivity index is 1.67. The van der Waals surface area contributed by atoms with E-state index in [1.165, 1.54) is 0 Å². The number of unbranched alkanes of at least 4 members (excludes halogenated alkanes) is 9. The van der Waals surface area contributed by atoms with Gasteiger partial charge in [0.15, 0.2) is 0 Å². The van der Waals surface area contributed by atoms with Crippen LogP contribution in [0.2, 0.25) is 0 Å². The molecule has 0 bridgehead atoms. The third-order valence-electron chi connectivity index (χ3n) is 11.8. The highest BCUT2D eigenvalue weighted by atomic mass is 16.2. The van der Waals surface area contributed by atoms with Gasteiger partial charge in [-0.05, 0) is 86.2 Å². The van der Waals surface area contributed by atoms with Gasteiger partial charge >= 0.3 is 0 Å². The van der Waals surface area contributed by atoms with Crippen LogP contribution in [0.5, 0.6) is 0 Å². The minimum atomic E-state index is -0.803. The Labute approximate surface area is 409 Å². The lowest BCUT2D eigenvalue weighted by Crippen LogP contribution is -2.56. The summed E-state index contributed by atoms with van der Waals surface area (Å²) in [7, 11) is 0. The molecule has 14 heteroatoms. The van der Waals surface area contributed by atoms with Crippen molar-refractivity contribution in [1.29, 1.82) is 0 Å². The fourth-order valence-corrected chi connectivity index (χ4v) is 8.17. The summed E-state index contributed by atoms with van der Waals surface area (Å²) in [6.45, 7) is 17.1. The number of rotatable bonds is 35. The summed E-state index contributed by atoms with van der Waals surface area (Å²) in [4.78, 5) is 79.7. The second kappa shape index (κ2) is 33.6. The van der Waals surface area contributed by atoms with Gasteiger partial charge in [0.1, 0.15) is 24.2 Å². The molecular weight excluding hydrogens is 857 g/mol. The first-order valence-electron chi connectivity index (χ1n) is 25.7. The second-order valence-corrected chi connectivity index (χ2v) is 20.5. The highest BCUT2D eigenvalue weighted by Crippen LogP contribution is 2.14. The first kappa shape index (κ1) is 59.3. The van der Waals surface area contributed by atoms with Crippen molar-refractivity contribution in [3.8, 4) is 0 Å². The van der Waals surface area contributed by atoms with Crippen molar-refractivity contribution < 1.29 is 28.8 Å². The van der Waals surface area contributed by atoms with Crippen LogP contribution in [0.4, 0.5) is 0 Å². The van der Waals surface area contributed by atoms with E-state index >= 15 is 0 Å². The first-order chi connectivity index (χ1) is 32.4. The lowest BCUT2D eigenvalue weighted by Gasteiger charge is -2.26. The zero-order valence-electron chi connectivity index (χ0n) is 42.9. The fourth-order valence-electron chi connectivity index (χ4n) is 8.17. The molecule has 382 valence electrons. The maximum absolute atomic E-state index is 13.5. The summed E-state index contributed by atoms with van der Waals surface area (Å²) < 4.78 is 0. The minimum Gasteiger partial charge on any atom is -0.354 e. The maximum Gasteiger partial charge on any atom is 0.243 e. The second-order valence-electron chi connectivity index (χ2n) is 20.5. The van der Waals surface area contributed by atoms with Gasteiger partial charge in [-0.3, -0.25) is 28.8 Å². The van der Waals surface area contributed by atoms with Gasteiger partial charge in [0.05, 0.1) is 12.1 Å². The molecule has 6 amide bonds. The van der Waals surface area contributed by atoms with Crippen LogP contribution in [0.3, 0.4) is 0 Å². The summed E-state index contributed by atoms with van der Waals surface area (Å²) in [5.41, 5.74) is 14.3. The monoisotopic (exact) mass is 947 g/mol. The van der Waals surface area contributed by atoms with Crippen molar-refractivity contribution in [2.45, 2.75) is 194 Å². The summed E-state index contributed by atoms with van der Waals surface area (Å²) in [6.07, 6.45) is 12.9. The smallest absolute Gasteiger partial charge is 0.243 e. The Kier molecular flexibility index (Phi) is 29.3. The molecule has 0 radical (unpaired) electrons. The van der Waals surface area contributed by atoms with Crippen molar-refractivity contribution in [3.63, 3.8) is 0 Å². The molecule has 0 aliphatic carbocycles. The van der Waals surface area contributed by atoms with Gasteiger partial charge < -0.3 is 43.4 Å². The van der Waals surface area contributed by atoms with Crippen molar-refractivity contribution in [2.75, 3.05) is 13.1 Å². The first-order valence-corrected chi connectivity index (χ1v) is 25.7. The number of benzene rings is 2. The van der Waals surface area contributed by atoms with Crippen LogP contribution < -0.4 is 43.4 Å². The van der Waals surface area contributed by atoms with Crippen LogP contribution in [0.15, 0.2) is 60.7 Å². The normalized spacial score (nSPS) is 14.1. The van der Waals surface area contributed by atoms with Crippen molar-refractivity contribution in [2.24, 2.45) is 35.1 Å². The lowest BCUT2D eigenvalue weighted by molar-refractivity contribution is -0.133. The van der Waals surface area contributed by atoms with E-state index in [1.54, 1.807) is 0 Å². The third-order valence-corrected chi connectivity index (χ3v) is 11.8. The third kappa shape index (κ3) is 26.1. The Morgan fingerprint density at radius 2 is 0.618 bits per heavy atom. The van der Waals surface area contributed by atoms with Gasteiger partial charge in [-0.2, -0.15) is 0 Å². The van der Waals surface area contributed by atoms with Gasteiger partial charge in [-0.1, -0.05) is 167 Å². The number of hydrogen-bond acceptors (Lipinski definition) is 8. The minimum absolute atomic E-state index is 0.133. The molecule has 0 aliphatic rings. The fraction of sp³-hybridized carbons (Fsp3) is 0.667. The van der Waals surface area contributed by atoms with E-state index in [1.807, 2.05) is 116 Å². The van der Waals surface area contributed by atoms with Crippen LogP contribution in [0.25, 0.3) is 0 Å². The maximum atomic E-state index is 13.5. The molecule has 0 saturated carbocycles. The van der Waals surface area contributed by atoms with E-state index in [9.17, 15) is 28.8 Å². The van der Waals surface area contributed by atoms with E-state index in [2.05, 4.69) is 31.9 Å². The van der Waals surface area contributed by atoms with Gasteiger partial charge in [0.25, 0.3) is 0 Å². The molecule has 6 atom stereocenters. The molecule has 0 spiro atoms. The summed E-state index contributed by atoms with van der Waals surface area (Å²) in [5, 5.41) is 17.6. The molecule has 14 nitrogen and oxygen atoms in total. The Morgan fingerprint density at radius 1 is 0.368 bits per heavy atom. The van der Waals surface area contributed by atoms with Crippen molar-refractivity contribution in [1.82, 2.24) is 31.9 Å². The van der Waals surface area contributed by atoms with E-state index in [0.29, 0.717) is 51.6 Å². The zero-order valence-corrected chi connectivity index (χ0v) is 42.9. The van der Waals surface area contributed by atoms with Crippen LogP contribution in [0.1, 0.15) is 156 Å². The molecule has 0 saturated heterocycles. The van der Waals surface area contributed by atoms with E-state index in [-0.39, 0.29) is 47.3 Å². The Bertz CT molecular complexity index is 1630. The van der Waals surface area contributed by atoms with E-state index in [4.69, 9.17) is 11.5 Å². The average molecular weight is 947 g/mol. The summed E-state index contributed by atoms with van der Waals surface area (Å²) in [5.74, 6) is -1.36. The van der Waals surface area contributed by atoms with Gasteiger partial charge in [0.2, 0.25) is 35.4 Å². The summed E-state index contributed by atoms with van der Waals surface area (Å²) >= 11 is 0. The van der Waals surface area contributed by atoms with Crippen molar-refractivity contribution in [3.05, 3.63) is 71.8 Å². The molecule has 0 unspecified atom stereocenters. The molecular formula is C54H90N8O6. The van der Waals surface area contributed by atoms with E-state index in [0.717, 1.165) is 75.3 Å². The molecule has 68 heavy (non-hydrogen) atoms. The number of nitrogens with one attached hydrogen (secondary N) is 6. The van der Waals surface area contributed by atoms with Crippen molar-refractivity contribution >= 4 is 35.4 Å². The van der Waals surface area contributed by atoms with Gasteiger partial charge in [-0.25, -0.2) is 0 Å². The van der Waals surface area contributed by atoms with Crippen LogP contribution in [-0.4, -0.2) is 84.8 Å².